The number of aromatic nitrogens is 1. The summed E-state index contributed by atoms with van der Waals surface area (Å²) in [6.07, 6.45) is 5.58. The van der Waals surface area contributed by atoms with Gasteiger partial charge in [0.2, 0.25) is 15.9 Å². The third-order valence-corrected chi connectivity index (χ3v) is 8.85. The van der Waals surface area contributed by atoms with E-state index in [1.54, 1.807) is 13.0 Å². The molecule has 5 rings (SSSR count). The van der Waals surface area contributed by atoms with Crippen LogP contribution in [0.25, 0.3) is 12.2 Å². The van der Waals surface area contributed by atoms with Gasteiger partial charge in [-0.05, 0) is 56.4 Å². The number of anilines is 1. The van der Waals surface area contributed by atoms with E-state index in [4.69, 9.17) is 4.52 Å². The lowest BCUT2D eigenvalue weighted by Gasteiger charge is -2.33. The van der Waals surface area contributed by atoms with Crippen molar-refractivity contribution in [3.63, 3.8) is 0 Å². The minimum absolute atomic E-state index is 0.00335. The molecular weight excluding hydrogens is 462 g/mol. The molecule has 0 saturated carbocycles. The van der Waals surface area contributed by atoms with Crippen molar-refractivity contribution in [3.05, 3.63) is 76.7 Å². The number of para-hydroxylation sites is 1. The minimum atomic E-state index is -3.89. The quantitative estimate of drug-likeness (QED) is 0.527. The topological polar surface area (TPSA) is 83.7 Å². The van der Waals surface area contributed by atoms with Crippen LogP contribution in [0.5, 0.6) is 0 Å². The Bertz CT molecular complexity index is 1380. The molecule has 2 aromatic carbocycles. The van der Waals surface area contributed by atoms with Crippen LogP contribution >= 0.6 is 0 Å². The molecule has 0 aliphatic carbocycles. The third kappa shape index (κ3) is 4.56. The summed E-state index contributed by atoms with van der Waals surface area (Å²) in [6, 6.07) is 15.8. The van der Waals surface area contributed by atoms with Gasteiger partial charge < -0.3 is 9.42 Å². The van der Waals surface area contributed by atoms with Crippen LogP contribution in [0, 0.1) is 19.8 Å². The summed E-state index contributed by atoms with van der Waals surface area (Å²) in [5, 5.41) is 3.94. The summed E-state index contributed by atoms with van der Waals surface area (Å²) in [5.74, 6) is -0.183. The van der Waals surface area contributed by atoms with E-state index in [1.807, 2.05) is 66.4 Å². The minimum Gasteiger partial charge on any atom is -0.355 e. The summed E-state index contributed by atoms with van der Waals surface area (Å²) in [6.45, 7) is 4.81. The zero-order valence-electron chi connectivity index (χ0n) is 20.0. The van der Waals surface area contributed by atoms with Crippen LogP contribution in [0.4, 0.5) is 5.69 Å². The molecule has 1 fully saturated rings. The van der Waals surface area contributed by atoms with Crippen LogP contribution in [0.15, 0.2) is 57.9 Å². The highest BCUT2D eigenvalue weighted by molar-refractivity contribution is 7.89. The summed E-state index contributed by atoms with van der Waals surface area (Å²) in [4.78, 5) is 15.3. The van der Waals surface area contributed by atoms with Gasteiger partial charge in [0.15, 0.2) is 10.7 Å². The average Bonchev–Trinajstić information content (AvgIpc) is 3.47. The number of hydrogen-bond acceptors (Lipinski definition) is 5. The lowest BCUT2D eigenvalue weighted by molar-refractivity contribution is -0.123. The molecule has 3 heterocycles. The Labute approximate surface area is 206 Å². The van der Waals surface area contributed by atoms with E-state index in [-0.39, 0.29) is 29.0 Å². The number of fused-ring (bicyclic) bond motifs is 1. The van der Waals surface area contributed by atoms with Crippen molar-refractivity contribution in [1.82, 2.24) is 9.46 Å². The van der Waals surface area contributed by atoms with E-state index in [1.165, 1.54) is 4.31 Å². The number of carbonyl (C=O) groups is 1. The standard InChI is InChI=1S/C27H29N3O4S/c1-19-9-11-21(12-10-19)13-14-25-26(20(2)28-34-25)35(32,33)29-16-5-7-23(18-29)27(31)30-17-15-22-6-3-4-8-24(22)30/h3-4,6,8-14,23H,5,7,15-18H2,1-2H3/b14-13+/t23-/m1/s1. The van der Waals surface area contributed by atoms with Crippen LogP contribution < -0.4 is 4.90 Å². The smallest absolute Gasteiger partial charge is 0.248 e. The van der Waals surface area contributed by atoms with Gasteiger partial charge in [-0.25, -0.2) is 8.42 Å². The highest BCUT2D eigenvalue weighted by atomic mass is 32.2. The number of piperidine rings is 1. The van der Waals surface area contributed by atoms with Gasteiger partial charge in [-0.15, -0.1) is 0 Å². The number of carbonyl (C=O) groups excluding carboxylic acids is 1. The van der Waals surface area contributed by atoms with E-state index in [0.717, 1.165) is 28.8 Å². The number of amides is 1. The summed E-state index contributed by atoms with van der Waals surface area (Å²) >= 11 is 0. The molecule has 182 valence electrons. The Morgan fingerprint density at radius 1 is 1.06 bits per heavy atom. The lowest BCUT2D eigenvalue weighted by atomic mass is 9.98. The first-order valence-electron chi connectivity index (χ1n) is 11.9. The van der Waals surface area contributed by atoms with Gasteiger partial charge in [0.1, 0.15) is 5.69 Å². The van der Waals surface area contributed by atoms with Crippen LogP contribution in [0.2, 0.25) is 0 Å². The van der Waals surface area contributed by atoms with Crippen molar-refractivity contribution < 1.29 is 17.7 Å². The molecule has 0 bridgehead atoms. The maximum Gasteiger partial charge on any atom is 0.248 e. The van der Waals surface area contributed by atoms with Crippen molar-refractivity contribution in [2.75, 3.05) is 24.5 Å². The first-order valence-corrected chi connectivity index (χ1v) is 13.4. The Morgan fingerprint density at radius 2 is 1.83 bits per heavy atom. The molecule has 0 unspecified atom stereocenters. The second kappa shape index (κ2) is 9.43. The highest BCUT2D eigenvalue weighted by Gasteiger charge is 2.39. The van der Waals surface area contributed by atoms with Crippen molar-refractivity contribution in [2.45, 2.75) is 38.0 Å². The third-order valence-electron chi connectivity index (χ3n) is 6.82. The molecule has 3 aromatic rings. The second-order valence-electron chi connectivity index (χ2n) is 9.28. The van der Waals surface area contributed by atoms with E-state index >= 15 is 0 Å². The van der Waals surface area contributed by atoms with Crippen molar-refractivity contribution in [2.24, 2.45) is 5.92 Å². The monoisotopic (exact) mass is 491 g/mol. The van der Waals surface area contributed by atoms with Gasteiger partial charge in [-0.2, -0.15) is 4.31 Å². The molecule has 1 aromatic heterocycles. The van der Waals surface area contributed by atoms with Gasteiger partial charge >= 0.3 is 0 Å². The van der Waals surface area contributed by atoms with Gasteiger partial charge in [0.25, 0.3) is 0 Å². The number of aryl methyl sites for hydroxylation is 2. The van der Waals surface area contributed by atoms with Crippen molar-refractivity contribution in [3.8, 4) is 0 Å². The van der Waals surface area contributed by atoms with Crippen LogP contribution in [-0.2, 0) is 21.2 Å². The summed E-state index contributed by atoms with van der Waals surface area (Å²) in [5.41, 5.74) is 4.49. The number of rotatable bonds is 5. The Kier molecular flexibility index (Phi) is 6.34. The van der Waals surface area contributed by atoms with Crippen LogP contribution in [0.1, 0.15) is 41.0 Å². The van der Waals surface area contributed by atoms with Gasteiger partial charge in [-0.3, -0.25) is 4.79 Å². The van der Waals surface area contributed by atoms with Crippen LogP contribution in [0.3, 0.4) is 0 Å². The maximum absolute atomic E-state index is 13.7. The SMILES string of the molecule is Cc1ccc(/C=C/c2onc(C)c2S(=O)(=O)N2CCC[C@@H](C(=O)N3CCc4ccccc43)C2)cc1. The molecule has 2 aliphatic rings. The zero-order chi connectivity index (χ0) is 24.6. The first-order chi connectivity index (χ1) is 16.8. The molecule has 1 amide bonds. The predicted molar refractivity (Wildman–Crippen MR) is 135 cm³/mol. The fraction of sp³-hybridized carbons (Fsp3) is 0.333. The van der Waals surface area contributed by atoms with Crippen molar-refractivity contribution in [1.29, 1.82) is 0 Å². The van der Waals surface area contributed by atoms with E-state index < -0.39 is 10.0 Å². The molecule has 0 radical (unpaired) electrons. The normalized spacial score (nSPS) is 18.8. The van der Waals surface area contributed by atoms with Crippen LogP contribution in [-0.4, -0.2) is 43.4 Å². The molecule has 0 N–H and O–H groups in total. The average molecular weight is 492 g/mol. The summed E-state index contributed by atoms with van der Waals surface area (Å²) in [7, 11) is -3.89. The lowest BCUT2D eigenvalue weighted by Crippen LogP contribution is -2.46. The predicted octanol–water partition coefficient (Wildman–Crippen LogP) is 4.45. The van der Waals surface area contributed by atoms with E-state index in [0.29, 0.717) is 31.6 Å². The fourth-order valence-corrected chi connectivity index (χ4v) is 6.70. The van der Waals surface area contributed by atoms with E-state index in [9.17, 15) is 13.2 Å². The highest BCUT2D eigenvalue weighted by Crippen LogP contribution is 2.33. The molecule has 1 saturated heterocycles. The Balaban J connectivity index is 1.37. The summed E-state index contributed by atoms with van der Waals surface area (Å²) < 4.78 is 34.2. The van der Waals surface area contributed by atoms with Gasteiger partial charge in [0.05, 0.1) is 5.92 Å². The first kappa shape index (κ1) is 23.5. The number of nitrogens with zero attached hydrogens (tertiary/aromatic N) is 3. The zero-order valence-corrected chi connectivity index (χ0v) is 20.8. The van der Waals surface area contributed by atoms with Gasteiger partial charge in [0, 0.05) is 25.3 Å². The number of sulfonamides is 1. The number of benzene rings is 2. The fourth-order valence-electron chi connectivity index (χ4n) is 4.93. The van der Waals surface area contributed by atoms with E-state index in [2.05, 4.69) is 5.16 Å². The Morgan fingerprint density at radius 3 is 2.63 bits per heavy atom. The molecule has 0 spiro atoms. The largest absolute Gasteiger partial charge is 0.355 e. The number of hydrogen-bond donors (Lipinski definition) is 0. The van der Waals surface area contributed by atoms with Crippen molar-refractivity contribution >= 4 is 33.8 Å². The Hall–Kier alpha value is -3.23. The molecule has 7 nitrogen and oxygen atoms in total. The second-order valence-corrected chi connectivity index (χ2v) is 11.2. The molecule has 1 atom stereocenters. The molecule has 2 aliphatic heterocycles. The molecule has 35 heavy (non-hydrogen) atoms. The molecule has 8 heteroatoms. The van der Waals surface area contributed by atoms with Gasteiger partial charge in [-0.1, -0.05) is 59.3 Å². The maximum atomic E-state index is 13.7. The molecular formula is C27H29N3O4S.